The molecule has 3 rings (SSSR count). The Hall–Kier alpha value is -3.06. The van der Waals surface area contributed by atoms with Gasteiger partial charge in [-0.3, -0.25) is 20.2 Å². The van der Waals surface area contributed by atoms with Crippen molar-refractivity contribution in [1.82, 2.24) is 4.98 Å². The summed E-state index contributed by atoms with van der Waals surface area (Å²) in [5, 5.41) is 13.9. The second kappa shape index (κ2) is 6.82. The quantitative estimate of drug-likeness (QED) is 0.549. The van der Waals surface area contributed by atoms with Crippen LogP contribution < -0.4 is 5.32 Å². The smallest absolute Gasteiger partial charge is 0.269 e. The van der Waals surface area contributed by atoms with Gasteiger partial charge in [0.25, 0.3) is 11.6 Å². The van der Waals surface area contributed by atoms with E-state index in [9.17, 15) is 14.9 Å². The number of nitrogens with zero attached hydrogens (tertiary/aromatic N) is 2. The highest BCUT2D eigenvalue weighted by molar-refractivity contribution is 7.16. The molecule has 0 fully saturated rings. The number of benzene rings is 2. The number of non-ortho nitro benzene ring substituents is 1. The van der Waals surface area contributed by atoms with Crippen molar-refractivity contribution in [2.45, 2.75) is 13.8 Å². The molecule has 6 nitrogen and oxygen atoms in total. The van der Waals surface area contributed by atoms with Gasteiger partial charge < -0.3 is 0 Å². The van der Waals surface area contributed by atoms with Crippen LogP contribution in [0.25, 0.3) is 11.3 Å². The van der Waals surface area contributed by atoms with Crippen molar-refractivity contribution in [3.63, 3.8) is 0 Å². The number of thiazole rings is 1. The maximum Gasteiger partial charge on any atom is 0.269 e. The van der Waals surface area contributed by atoms with Crippen LogP contribution in [-0.2, 0) is 0 Å². The number of rotatable bonds is 4. The Morgan fingerprint density at radius 3 is 2.32 bits per heavy atom. The van der Waals surface area contributed by atoms with Crippen molar-refractivity contribution in [1.29, 1.82) is 0 Å². The van der Waals surface area contributed by atoms with Gasteiger partial charge in [-0.25, -0.2) is 4.98 Å². The fraction of sp³-hybridized carbons (Fsp3) is 0.111. The topological polar surface area (TPSA) is 85.1 Å². The summed E-state index contributed by atoms with van der Waals surface area (Å²) in [7, 11) is 0. The van der Waals surface area contributed by atoms with Crippen molar-refractivity contribution in [2.24, 2.45) is 0 Å². The van der Waals surface area contributed by atoms with Crippen LogP contribution in [0.3, 0.4) is 0 Å². The molecule has 25 heavy (non-hydrogen) atoms. The summed E-state index contributed by atoms with van der Waals surface area (Å²) < 4.78 is 0. The SMILES string of the molecule is Cc1ccc(-c2nc(NC(=O)c3ccc([N+](=O)[O-])cc3)sc2C)cc1. The number of amides is 1. The maximum atomic E-state index is 12.3. The summed E-state index contributed by atoms with van der Waals surface area (Å²) in [6.07, 6.45) is 0. The van der Waals surface area contributed by atoms with Gasteiger partial charge in [-0.2, -0.15) is 0 Å². The zero-order valence-corrected chi connectivity index (χ0v) is 14.5. The first kappa shape index (κ1) is 16.8. The number of hydrogen-bond acceptors (Lipinski definition) is 5. The highest BCUT2D eigenvalue weighted by Crippen LogP contribution is 2.30. The fourth-order valence-corrected chi connectivity index (χ4v) is 3.16. The van der Waals surface area contributed by atoms with E-state index in [1.165, 1.54) is 41.2 Å². The first-order valence-corrected chi connectivity index (χ1v) is 8.36. The van der Waals surface area contributed by atoms with Gasteiger partial charge in [0.2, 0.25) is 0 Å². The van der Waals surface area contributed by atoms with Gasteiger partial charge in [0.15, 0.2) is 5.13 Å². The minimum absolute atomic E-state index is 0.0525. The zero-order chi connectivity index (χ0) is 18.0. The van der Waals surface area contributed by atoms with Crippen LogP contribution in [0.4, 0.5) is 10.8 Å². The van der Waals surface area contributed by atoms with Crippen LogP contribution in [0.2, 0.25) is 0 Å². The molecule has 0 saturated carbocycles. The maximum absolute atomic E-state index is 12.3. The zero-order valence-electron chi connectivity index (χ0n) is 13.6. The second-order valence-corrected chi connectivity index (χ2v) is 6.75. The van der Waals surface area contributed by atoms with Gasteiger partial charge in [0.05, 0.1) is 10.6 Å². The van der Waals surface area contributed by atoms with Gasteiger partial charge in [0, 0.05) is 28.1 Å². The van der Waals surface area contributed by atoms with Gasteiger partial charge in [-0.15, -0.1) is 11.3 Å². The molecule has 1 amide bonds. The van der Waals surface area contributed by atoms with Crippen LogP contribution in [0.5, 0.6) is 0 Å². The average Bonchev–Trinajstić information content (AvgIpc) is 2.96. The molecule has 0 spiro atoms. The van der Waals surface area contributed by atoms with Crippen molar-refractivity contribution < 1.29 is 9.72 Å². The lowest BCUT2D eigenvalue weighted by Gasteiger charge is -2.01. The Kier molecular flexibility index (Phi) is 4.58. The summed E-state index contributed by atoms with van der Waals surface area (Å²) in [5.41, 5.74) is 3.29. The summed E-state index contributed by atoms with van der Waals surface area (Å²) in [6, 6.07) is 13.5. The normalized spacial score (nSPS) is 10.5. The first-order chi connectivity index (χ1) is 11.9. The molecule has 1 N–H and O–H groups in total. The molecule has 0 atom stereocenters. The van der Waals surface area contributed by atoms with Crippen LogP contribution >= 0.6 is 11.3 Å². The molecule has 1 heterocycles. The van der Waals surface area contributed by atoms with E-state index in [2.05, 4.69) is 10.3 Å². The summed E-state index contributed by atoms with van der Waals surface area (Å²) in [4.78, 5) is 28.0. The Bertz CT molecular complexity index is 931. The van der Waals surface area contributed by atoms with Gasteiger partial charge in [0.1, 0.15) is 0 Å². The van der Waals surface area contributed by atoms with Crippen molar-refractivity contribution in [2.75, 3.05) is 5.32 Å². The highest BCUT2D eigenvalue weighted by atomic mass is 32.1. The largest absolute Gasteiger partial charge is 0.298 e. The van der Waals surface area contributed by atoms with E-state index in [-0.39, 0.29) is 11.6 Å². The number of nitrogens with one attached hydrogen (secondary N) is 1. The number of anilines is 1. The van der Waals surface area contributed by atoms with Crippen molar-refractivity contribution in [3.05, 3.63) is 74.6 Å². The molecule has 7 heteroatoms. The van der Waals surface area contributed by atoms with E-state index in [1.54, 1.807) is 0 Å². The molecule has 0 saturated heterocycles. The standard InChI is InChI=1S/C18H15N3O3S/c1-11-3-5-13(6-4-11)16-12(2)25-18(19-16)20-17(22)14-7-9-15(10-8-14)21(23)24/h3-10H,1-2H3,(H,19,20,22). The predicted molar refractivity (Wildman–Crippen MR) is 98.1 cm³/mol. The third kappa shape index (κ3) is 3.72. The third-order valence-electron chi connectivity index (χ3n) is 3.68. The van der Waals surface area contributed by atoms with E-state index in [4.69, 9.17) is 0 Å². The van der Waals surface area contributed by atoms with Crippen LogP contribution in [0.1, 0.15) is 20.8 Å². The number of carbonyl (C=O) groups is 1. The molecule has 2 aromatic carbocycles. The van der Waals surface area contributed by atoms with Gasteiger partial charge >= 0.3 is 0 Å². The lowest BCUT2D eigenvalue weighted by molar-refractivity contribution is -0.384. The number of aryl methyl sites for hydroxylation is 2. The molecule has 3 aromatic rings. The van der Waals surface area contributed by atoms with E-state index < -0.39 is 4.92 Å². The highest BCUT2D eigenvalue weighted by Gasteiger charge is 2.14. The van der Waals surface area contributed by atoms with Crippen molar-refractivity contribution >= 4 is 28.1 Å². The molecule has 0 radical (unpaired) electrons. The van der Waals surface area contributed by atoms with E-state index in [1.807, 2.05) is 38.1 Å². The molecule has 0 unspecified atom stereocenters. The molecular formula is C18H15N3O3S. The lowest BCUT2D eigenvalue weighted by Crippen LogP contribution is -2.11. The van der Waals surface area contributed by atoms with E-state index in [0.717, 1.165) is 16.1 Å². The van der Waals surface area contributed by atoms with E-state index >= 15 is 0 Å². The number of nitro benzene ring substituents is 1. The predicted octanol–water partition coefficient (Wildman–Crippen LogP) is 4.59. The molecule has 126 valence electrons. The van der Waals surface area contributed by atoms with Gasteiger partial charge in [-0.1, -0.05) is 29.8 Å². The Morgan fingerprint density at radius 1 is 1.08 bits per heavy atom. The number of carbonyl (C=O) groups excluding carboxylic acids is 1. The molecule has 0 bridgehead atoms. The average molecular weight is 353 g/mol. The first-order valence-electron chi connectivity index (χ1n) is 7.54. The summed E-state index contributed by atoms with van der Waals surface area (Å²) >= 11 is 1.39. The monoisotopic (exact) mass is 353 g/mol. The molecule has 0 aliphatic heterocycles. The summed E-state index contributed by atoms with van der Waals surface area (Å²) in [6.45, 7) is 3.97. The third-order valence-corrected chi connectivity index (χ3v) is 4.57. The van der Waals surface area contributed by atoms with Crippen LogP contribution in [-0.4, -0.2) is 15.8 Å². The minimum atomic E-state index is -0.500. The summed E-state index contributed by atoms with van der Waals surface area (Å²) in [5.74, 6) is -0.348. The molecule has 1 aromatic heterocycles. The lowest BCUT2D eigenvalue weighted by atomic mass is 10.1. The Morgan fingerprint density at radius 2 is 1.72 bits per heavy atom. The van der Waals surface area contributed by atoms with Gasteiger partial charge in [-0.05, 0) is 26.0 Å². The number of nitro groups is 1. The van der Waals surface area contributed by atoms with E-state index in [0.29, 0.717) is 10.7 Å². The number of aromatic nitrogens is 1. The molecule has 0 aliphatic rings. The van der Waals surface area contributed by atoms with Crippen LogP contribution in [0.15, 0.2) is 48.5 Å². The molecule has 0 aliphatic carbocycles. The second-order valence-electron chi connectivity index (χ2n) is 5.55. The van der Waals surface area contributed by atoms with Crippen molar-refractivity contribution in [3.8, 4) is 11.3 Å². The Labute approximate surface area is 148 Å². The number of hydrogen-bond donors (Lipinski definition) is 1. The molecular weight excluding hydrogens is 338 g/mol. The fourth-order valence-electron chi connectivity index (χ4n) is 2.33. The minimum Gasteiger partial charge on any atom is -0.298 e. The van der Waals surface area contributed by atoms with Crippen LogP contribution in [0, 0.1) is 24.0 Å². The Balaban J connectivity index is 1.79.